The number of carbonyl (C=O) groups excluding carboxylic acids is 2. The summed E-state index contributed by atoms with van der Waals surface area (Å²) in [5.74, 6) is 0.491. The van der Waals surface area contributed by atoms with Gasteiger partial charge in [-0.3, -0.25) is 4.79 Å². The van der Waals surface area contributed by atoms with Gasteiger partial charge in [0.05, 0.1) is 12.2 Å². The lowest BCUT2D eigenvalue weighted by Gasteiger charge is -2.37. The first kappa shape index (κ1) is 18.5. The summed E-state index contributed by atoms with van der Waals surface area (Å²) in [5.41, 5.74) is 6.21. The average Bonchev–Trinajstić information content (AvgIpc) is 3.07. The van der Waals surface area contributed by atoms with E-state index in [2.05, 4.69) is 18.9 Å². The highest BCUT2D eigenvalue weighted by Crippen LogP contribution is 2.34. The number of ether oxygens (including phenoxy) is 1. The minimum absolute atomic E-state index is 0.00446. The third-order valence-corrected chi connectivity index (χ3v) is 5.48. The van der Waals surface area contributed by atoms with Crippen molar-refractivity contribution in [3.63, 3.8) is 0 Å². The maximum atomic E-state index is 12.5. The number of anilines is 1. The second-order valence-electron chi connectivity index (χ2n) is 7.57. The largest absolute Gasteiger partial charge is 0.441 e. The minimum atomic E-state index is -0.447. The third-order valence-electron chi connectivity index (χ3n) is 5.48. The Morgan fingerprint density at radius 3 is 2.69 bits per heavy atom. The zero-order valence-electron chi connectivity index (χ0n) is 15.9. The van der Waals surface area contributed by atoms with Gasteiger partial charge in [0.1, 0.15) is 18.0 Å². The Labute approximate surface area is 154 Å². The quantitative estimate of drug-likeness (QED) is 0.860. The van der Waals surface area contributed by atoms with Gasteiger partial charge in [-0.2, -0.15) is 5.10 Å². The number of amides is 2. The molecule has 1 unspecified atom stereocenters. The van der Waals surface area contributed by atoms with Gasteiger partial charge in [-0.25, -0.2) is 9.48 Å². The van der Waals surface area contributed by atoms with Crippen LogP contribution in [0.15, 0.2) is 6.07 Å². The van der Waals surface area contributed by atoms with Crippen LogP contribution in [0.25, 0.3) is 0 Å². The van der Waals surface area contributed by atoms with Crippen LogP contribution < -0.4 is 5.73 Å². The van der Waals surface area contributed by atoms with Crippen molar-refractivity contribution in [2.45, 2.75) is 64.6 Å². The Bertz CT molecular complexity index is 678. The fraction of sp³-hybridized carbons (Fsp3) is 0.722. The molecule has 0 radical (unpaired) electrons. The molecule has 2 aliphatic heterocycles. The maximum Gasteiger partial charge on any atom is 0.410 e. The van der Waals surface area contributed by atoms with E-state index in [1.165, 1.54) is 4.68 Å². The molecule has 2 fully saturated rings. The summed E-state index contributed by atoms with van der Waals surface area (Å²) in [6, 6.07) is 1.94. The number of nitrogen functional groups attached to an aromatic ring is 1. The molecule has 1 spiro atoms. The topological polar surface area (TPSA) is 93.7 Å². The lowest BCUT2D eigenvalue weighted by atomic mass is 9.91. The number of carbonyl (C=O) groups is 2. The second kappa shape index (κ2) is 7.17. The van der Waals surface area contributed by atoms with Crippen molar-refractivity contribution in [3.8, 4) is 0 Å². The van der Waals surface area contributed by atoms with Crippen molar-refractivity contribution in [1.82, 2.24) is 19.6 Å². The molecule has 3 rings (SSSR count). The van der Waals surface area contributed by atoms with Crippen LogP contribution >= 0.6 is 0 Å². The molecule has 8 heteroatoms. The second-order valence-corrected chi connectivity index (χ2v) is 7.57. The van der Waals surface area contributed by atoms with Crippen molar-refractivity contribution in [2.75, 3.05) is 25.4 Å². The van der Waals surface area contributed by atoms with E-state index < -0.39 is 5.60 Å². The predicted octanol–water partition coefficient (Wildman–Crippen LogP) is 1.78. The molecule has 2 saturated heterocycles. The Morgan fingerprint density at radius 1 is 1.42 bits per heavy atom. The summed E-state index contributed by atoms with van der Waals surface area (Å²) in [6.07, 6.45) is 3.14. The van der Waals surface area contributed by atoms with Crippen molar-refractivity contribution in [2.24, 2.45) is 0 Å². The first-order valence-corrected chi connectivity index (χ1v) is 9.41. The smallest absolute Gasteiger partial charge is 0.410 e. The van der Waals surface area contributed by atoms with E-state index in [1.807, 2.05) is 16.7 Å². The summed E-state index contributed by atoms with van der Waals surface area (Å²) in [6.45, 7) is 7.98. The highest BCUT2D eigenvalue weighted by atomic mass is 16.6. The molecule has 3 heterocycles. The van der Waals surface area contributed by atoms with Gasteiger partial charge in [-0.1, -0.05) is 13.3 Å². The predicted molar refractivity (Wildman–Crippen MR) is 97.5 cm³/mol. The molecule has 2 aliphatic rings. The van der Waals surface area contributed by atoms with Gasteiger partial charge in [-0.05, 0) is 20.3 Å². The van der Waals surface area contributed by atoms with Gasteiger partial charge in [0, 0.05) is 38.0 Å². The van der Waals surface area contributed by atoms with Crippen molar-refractivity contribution < 1.29 is 14.3 Å². The van der Waals surface area contributed by atoms with E-state index in [1.54, 1.807) is 6.07 Å². The van der Waals surface area contributed by atoms with Crippen LogP contribution in [0.5, 0.6) is 0 Å². The standard InChI is InChI=1S/C18H29N5O3/c1-4-5-14(3)22-12-18(26-17(22)25)6-8-21(9-7-18)16(24)11-23-15(19)10-13(2)20-23/h10,14H,4-9,11-12,19H2,1-3H3. The molecule has 0 saturated carbocycles. The number of aryl methyl sites for hydroxylation is 1. The van der Waals surface area contributed by atoms with E-state index in [0.29, 0.717) is 38.3 Å². The fourth-order valence-electron chi connectivity index (χ4n) is 3.90. The number of nitrogens with two attached hydrogens (primary N) is 1. The SMILES string of the molecule is CCCC(C)N1CC2(CCN(C(=O)Cn3nc(C)cc3N)CC2)OC1=O. The number of aromatic nitrogens is 2. The van der Waals surface area contributed by atoms with Gasteiger partial charge in [0.25, 0.3) is 0 Å². The molecular formula is C18H29N5O3. The van der Waals surface area contributed by atoms with Gasteiger partial charge in [0.15, 0.2) is 0 Å². The fourth-order valence-corrected chi connectivity index (χ4v) is 3.90. The number of nitrogens with zero attached hydrogens (tertiary/aromatic N) is 4. The zero-order chi connectivity index (χ0) is 18.9. The molecule has 26 heavy (non-hydrogen) atoms. The minimum Gasteiger partial charge on any atom is -0.441 e. The van der Waals surface area contributed by atoms with Gasteiger partial charge in [-0.15, -0.1) is 0 Å². The number of hydrogen-bond acceptors (Lipinski definition) is 5. The summed E-state index contributed by atoms with van der Waals surface area (Å²) < 4.78 is 7.28. The molecule has 0 aromatic carbocycles. The Morgan fingerprint density at radius 2 is 2.12 bits per heavy atom. The van der Waals surface area contributed by atoms with Crippen molar-refractivity contribution >= 4 is 17.8 Å². The Balaban J connectivity index is 1.56. The Kier molecular flexibility index (Phi) is 5.11. The molecule has 2 N–H and O–H groups in total. The number of rotatable bonds is 5. The van der Waals surface area contributed by atoms with Crippen LogP contribution in [0.1, 0.15) is 45.2 Å². The first-order valence-electron chi connectivity index (χ1n) is 9.41. The number of likely N-dealkylation sites (tertiary alicyclic amines) is 1. The zero-order valence-corrected chi connectivity index (χ0v) is 15.9. The summed E-state index contributed by atoms with van der Waals surface area (Å²) in [7, 11) is 0. The molecule has 144 valence electrons. The molecule has 0 aliphatic carbocycles. The van der Waals surface area contributed by atoms with Crippen LogP contribution in [-0.4, -0.2) is 62.9 Å². The molecule has 8 nitrogen and oxygen atoms in total. The molecule has 0 bridgehead atoms. The van der Waals surface area contributed by atoms with Crippen LogP contribution in [-0.2, 0) is 16.1 Å². The highest BCUT2D eigenvalue weighted by Gasteiger charge is 2.48. The molecular weight excluding hydrogens is 334 g/mol. The van der Waals surface area contributed by atoms with E-state index in [9.17, 15) is 9.59 Å². The summed E-state index contributed by atoms with van der Waals surface area (Å²) in [5, 5.41) is 4.24. The van der Waals surface area contributed by atoms with Crippen molar-refractivity contribution in [3.05, 3.63) is 11.8 Å². The van der Waals surface area contributed by atoms with Crippen LogP contribution in [0.2, 0.25) is 0 Å². The number of hydrogen-bond donors (Lipinski definition) is 1. The van der Waals surface area contributed by atoms with E-state index >= 15 is 0 Å². The lowest BCUT2D eigenvalue weighted by Crippen LogP contribution is -2.49. The van der Waals surface area contributed by atoms with Crippen molar-refractivity contribution in [1.29, 1.82) is 0 Å². The monoisotopic (exact) mass is 363 g/mol. The average molecular weight is 363 g/mol. The first-order chi connectivity index (χ1) is 12.3. The van der Waals surface area contributed by atoms with E-state index in [0.717, 1.165) is 18.5 Å². The number of piperidine rings is 1. The molecule has 1 aromatic heterocycles. The van der Waals surface area contributed by atoms with Crippen LogP contribution in [0, 0.1) is 6.92 Å². The molecule has 2 amide bonds. The van der Waals surface area contributed by atoms with Gasteiger partial charge < -0.3 is 20.3 Å². The maximum absolute atomic E-state index is 12.5. The van der Waals surface area contributed by atoms with Crippen LogP contribution in [0.4, 0.5) is 10.6 Å². The summed E-state index contributed by atoms with van der Waals surface area (Å²) >= 11 is 0. The Hall–Kier alpha value is -2.25. The molecule has 1 atom stereocenters. The lowest BCUT2D eigenvalue weighted by molar-refractivity contribution is -0.135. The summed E-state index contributed by atoms with van der Waals surface area (Å²) in [4.78, 5) is 28.5. The normalized spacial score (nSPS) is 20.5. The van der Waals surface area contributed by atoms with Gasteiger partial charge in [0.2, 0.25) is 5.91 Å². The van der Waals surface area contributed by atoms with Gasteiger partial charge >= 0.3 is 6.09 Å². The highest BCUT2D eigenvalue weighted by molar-refractivity contribution is 5.76. The van der Waals surface area contributed by atoms with E-state index in [4.69, 9.17) is 10.5 Å². The van der Waals surface area contributed by atoms with E-state index in [-0.39, 0.29) is 24.6 Å². The third kappa shape index (κ3) is 3.64. The van der Waals surface area contributed by atoms with Crippen LogP contribution in [0.3, 0.4) is 0 Å². The molecule has 1 aromatic rings.